The van der Waals surface area contributed by atoms with E-state index >= 15 is 0 Å². The van der Waals surface area contributed by atoms with Gasteiger partial charge in [0.25, 0.3) is 0 Å². The van der Waals surface area contributed by atoms with E-state index in [9.17, 15) is 120 Å². The fraction of sp³-hybridized carbons (Fsp3) is 0.300. The van der Waals surface area contributed by atoms with Crippen molar-refractivity contribution in [1.82, 2.24) is 0 Å². The van der Waals surface area contributed by atoms with Crippen LogP contribution in [0.25, 0.3) is 0 Å². The second-order valence-electron chi connectivity index (χ2n) is 27.2. The summed E-state index contributed by atoms with van der Waals surface area (Å²) >= 11 is 0. The number of aromatic hydroxyl groups is 16. The highest BCUT2D eigenvalue weighted by Crippen LogP contribution is 2.62. The number of rotatable bonds is 28. The zero-order chi connectivity index (χ0) is 76.0. The highest BCUT2D eigenvalue weighted by molar-refractivity contribution is 5.98. The van der Waals surface area contributed by atoms with E-state index in [0.717, 1.165) is 0 Å². The van der Waals surface area contributed by atoms with Crippen LogP contribution in [-0.4, -0.2) is 128 Å². The molecule has 2 aliphatic rings. The van der Waals surface area contributed by atoms with Crippen molar-refractivity contribution in [2.75, 3.05) is 0 Å². The van der Waals surface area contributed by atoms with Crippen LogP contribution in [0.15, 0.2) is 146 Å². The van der Waals surface area contributed by atoms with Crippen molar-refractivity contribution >= 4 is 46.3 Å². The molecule has 0 aliphatic heterocycles. The van der Waals surface area contributed by atoms with Crippen LogP contribution in [0.4, 0.5) is 0 Å². The van der Waals surface area contributed by atoms with Crippen LogP contribution < -0.4 is 0 Å². The van der Waals surface area contributed by atoms with Crippen LogP contribution in [0.3, 0.4) is 0 Å². The molecule has 8 aromatic carbocycles. The first-order valence-electron chi connectivity index (χ1n) is 33.3. The second kappa shape index (κ2) is 31.9. The lowest BCUT2D eigenvalue weighted by molar-refractivity contribution is -0.144. The van der Waals surface area contributed by atoms with Gasteiger partial charge >= 0.3 is 0 Å². The summed E-state index contributed by atoms with van der Waals surface area (Å²) in [6, 6.07) is 32.1. The minimum atomic E-state index is -1.10. The molecular weight excluding hydrogens is 1340 g/mol. The van der Waals surface area contributed by atoms with Crippen molar-refractivity contribution in [3.8, 4) is 92.0 Å². The molecule has 2 saturated carbocycles. The average molecular weight is 1430 g/mol. The molecule has 544 valence electrons. The molecule has 8 unspecified atom stereocenters. The first kappa shape index (κ1) is 76.1. The third-order valence-corrected chi connectivity index (χ3v) is 20.3. The Bertz CT molecular complexity index is 4350. The Balaban J connectivity index is 0.000000241. The Hall–Kier alpha value is -12.1. The standard InChI is InChI=1S/2C40H40O12/c1-19(41)25(11-21-3-7-27(43)31(47)13-21)17-35(51)39-37(23-5-9-29(45)33(49)15-23)40(38(39)24-6-10-30(46)34(50)16-24)36(52)18-26(20(2)42)12-22-4-8-28(44)32(48)14-22;1-19(41)25(11-21-3-7-27(43)31(47)13-21)17-35(51)39-37(23-5-9-29(45)33(49)15-23)38(24-6-10-30(46)34(50)16-24)40(39)36(52)18-26(20(2)42)12-22-4-8-28(44)32(48)14-22/h2*3-10,13-16,25-26,37-40,43-50H,11-12,17-18H2,1-2H3. The van der Waals surface area contributed by atoms with E-state index in [0.29, 0.717) is 44.5 Å². The minimum absolute atomic E-state index is 0.0338. The smallest absolute Gasteiger partial charge is 0.157 e. The largest absolute Gasteiger partial charge is 0.504 e. The van der Waals surface area contributed by atoms with E-state index in [-0.39, 0.29) is 97.5 Å². The first-order chi connectivity index (χ1) is 49.1. The minimum Gasteiger partial charge on any atom is -0.504 e. The molecule has 24 heteroatoms. The van der Waals surface area contributed by atoms with Crippen molar-refractivity contribution in [2.45, 2.75) is 103 Å². The highest BCUT2D eigenvalue weighted by Gasteiger charge is 2.59. The number of ketones is 8. The maximum atomic E-state index is 14.5. The number of carbonyl (C=O) groups is 8. The van der Waals surface area contributed by atoms with Gasteiger partial charge in [0.1, 0.15) is 46.3 Å². The molecule has 8 aromatic rings. The lowest BCUT2D eigenvalue weighted by Gasteiger charge is -2.52. The summed E-state index contributed by atoms with van der Waals surface area (Å²) in [5.74, 6) is -21.0. The molecule has 0 spiro atoms. The highest BCUT2D eigenvalue weighted by atomic mass is 16.3. The molecule has 0 heterocycles. The fourth-order valence-corrected chi connectivity index (χ4v) is 14.6. The number of carbonyl (C=O) groups excluding carboxylic acids is 8. The van der Waals surface area contributed by atoms with E-state index in [1.54, 1.807) is 0 Å². The Kier molecular flexibility index (Phi) is 23.3. The SMILES string of the molecule is CC(=O)C(CC(=O)C1C(C(=O)CC(Cc2ccc(O)c(O)c2)C(C)=O)C(c2ccc(O)c(O)c2)C1c1ccc(O)c(O)c1)Cc1ccc(O)c(O)c1.CC(=O)C(CC(=O)C1C(c2ccc(O)c(O)c2)C(C(=O)CC(Cc2ccc(O)c(O)c2)C(C)=O)C1c1ccc(O)c(O)c1)Cc1ccc(O)c(O)c1. The molecule has 16 N–H and O–H groups in total. The molecule has 2 aliphatic carbocycles. The molecule has 8 atom stereocenters. The van der Waals surface area contributed by atoms with Crippen LogP contribution in [0.5, 0.6) is 92.0 Å². The molecule has 104 heavy (non-hydrogen) atoms. The summed E-state index contributed by atoms with van der Waals surface area (Å²) in [4.78, 5) is 109. The van der Waals surface area contributed by atoms with Gasteiger partial charge in [-0.3, -0.25) is 38.4 Å². The number of hydrogen-bond acceptors (Lipinski definition) is 24. The van der Waals surface area contributed by atoms with E-state index in [2.05, 4.69) is 0 Å². The maximum absolute atomic E-state index is 14.5. The Morgan fingerprint density at radius 2 is 0.404 bits per heavy atom. The number of phenolic OH excluding ortho intramolecular Hbond substituents is 16. The van der Waals surface area contributed by atoms with Gasteiger partial charge in [-0.25, -0.2) is 0 Å². The monoisotopic (exact) mass is 1420 g/mol. The lowest BCUT2D eigenvalue weighted by atomic mass is 9.49. The van der Waals surface area contributed by atoms with E-state index in [4.69, 9.17) is 0 Å². The van der Waals surface area contributed by atoms with Gasteiger partial charge in [-0.05, 0) is 195 Å². The molecule has 24 nitrogen and oxygen atoms in total. The van der Waals surface area contributed by atoms with Gasteiger partial charge in [-0.2, -0.15) is 0 Å². The first-order valence-corrected chi connectivity index (χ1v) is 33.3. The predicted molar refractivity (Wildman–Crippen MR) is 373 cm³/mol. The Morgan fingerprint density at radius 3 is 0.587 bits per heavy atom. The number of Topliss-reactive ketones (excluding diaryl/α,β-unsaturated/α-hetero) is 8. The van der Waals surface area contributed by atoms with Crippen molar-refractivity contribution in [1.29, 1.82) is 0 Å². The molecule has 0 bridgehead atoms. The fourth-order valence-electron chi connectivity index (χ4n) is 14.6. The molecule has 0 radical (unpaired) electrons. The molecular formula is C80H80O24. The van der Waals surface area contributed by atoms with Gasteiger partial charge in [0.15, 0.2) is 92.0 Å². The summed E-state index contributed by atoms with van der Waals surface area (Å²) < 4.78 is 0. The molecule has 0 aromatic heterocycles. The normalized spacial score (nSPS) is 19.3. The van der Waals surface area contributed by atoms with E-state index in [1.165, 1.54) is 173 Å². The van der Waals surface area contributed by atoms with Gasteiger partial charge in [0.05, 0.1) is 0 Å². The van der Waals surface area contributed by atoms with Gasteiger partial charge in [0, 0.05) is 96.7 Å². The number of hydrogen-bond donors (Lipinski definition) is 16. The summed E-state index contributed by atoms with van der Waals surface area (Å²) in [6.45, 7) is 5.29. The third-order valence-electron chi connectivity index (χ3n) is 20.3. The van der Waals surface area contributed by atoms with Crippen molar-refractivity contribution in [2.24, 2.45) is 47.3 Å². The quantitative estimate of drug-likeness (QED) is 0.0203. The third kappa shape index (κ3) is 17.1. The molecule has 0 amide bonds. The second-order valence-corrected chi connectivity index (χ2v) is 27.2. The van der Waals surface area contributed by atoms with Gasteiger partial charge in [-0.15, -0.1) is 0 Å². The Morgan fingerprint density at radius 1 is 0.231 bits per heavy atom. The average Bonchev–Trinajstić information content (AvgIpc) is 0.724. The van der Waals surface area contributed by atoms with Crippen LogP contribution in [0, 0.1) is 47.3 Å². The topological polar surface area (TPSA) is 460 Å². The maximum Gasteiger partial charge on any atom is 0.157 e. The van der Waals surface area contributed by atoms with Crippen LogP contribution in [0.2, 0.25) is 0 Å². The lowest BCUT2D eigenvalue weighted by Crippen LogP contribution is -2.52. The van der Waals surface area contributed by atoms with Gasteiger partial charge in [0.2, 0.25) is 0 Å². The molecule has 10 rings (SSSR count). The van der Waals surface area contributed by atoms with Crippen molar-refractivity contribution < 1.29 is 120 Å². The summed E-state index contributed by atoms with van der Waals surface area (Å²) in [6.07, 6.45) is -1.05. The summed E-state index contributed by atoms with van der Waals surface area (Å²) in [7, 11) is 0. The van der Waals surface area contributed by atoms with Crippen molar-refractivity contribution in [3.63, 3.8) is 0 Å². The number of benzene rings is 8. The van der Waals surface area contributed by atoms with E-state index in [1.807, 2.05) is 0 Å². The summed E-state index contributed by atoms with van der Waals surface area (Å²) in [5, 5.41) is 161. The zero-order valence-electron chi connectivity index (χ0n) is 56.9. The molecule has 2 fully saturated rings. The van der Waals surface area contributed by atoms with Crippen LogP contribution in [-0.2, 0) is 64.0 Å². The van der Waals surface area contributed by atoms with Crippen molar-refractivity contribution in [3.05, 3.63) is 190 Å². The van der Waals surface area contributed by atoms with E-state index < -0.39 is 163 Å². The number of phenols is 16. The van der Waals surface area contributed by atoms with Gasteiger partial charge in [-0.1, -0.05) is 48.5 Å². The van der Waals surface area contributed by atoms with Crippen LogP contribution >= 0.6 is 0 Å². The predicted octanol–water partition coefficient (Wildman–Crippen LogP) is 10.5. The Labute approximate surface area is 596 Å². The van der Waals surface area contributed by atoms with Gasteiger partial charge < -0.3 is 81.7 Å². The molecule has 0 saturated heterocycles. The summed E-state index contributed by atoms with van der Waals surface area (Å²) in [5.41, 5.74) is 3.35. The zero-order valence-corrected chi connectivity index (χ0v) is 56.9. The van der Waals surface area contributed by atoms with Crippen LogP contribution in [0.1, 0.15) is 122 Å².